The molecule has 2 aliphatic heterocycles. The monoisotopic (exact) mass is 998 g/mol. The minimum atomic E-state index is -0.496. The number of nitrogens with one attached hydrogen (secondary N) is 1. The highest BCUT2D eigenvalue weighted by Gasteiger charge is 2.43. The summed E-state index contributed by atoms with van der Waals surface area (Å²) in [6.45, 7) is 41.5. The smallest absolute Gasteiger partial charge is 0.262 e. The Morgan fingerprint density at radius 2 is 1.49 bits per heavy atom. The first-order valence-electron chi connectivity index (χ1n) is 26.9. The molecular formula is C66H99N3O4. The molecule has 7 nitrogen and oxygen atoms in total. The summed E-state index contributed by atoms with van der Waals surface area (Å²) in [4.78, 5) is 51.7. The number of rotatable bonds is 16. The molecule has 0 spiro atoms. The van der Waals surface area contributed by atoms with Crippen LogP contribution in [0.1, 0.15) is 192 Å². The number of allylic oxidation sites excluding steroid dienone is 4. The number of hydrogen-bond acceptors (Lipinski definition) is 6. The Bertz CT molecular complexity index is 2490. The lowest BCUT2D eigenvalue weighted by atomic mass is 9.77. The van der Waals surface area contributed by atoms with E-state index in [-0.39, 0.29) is 34.6 Å². The molecule has 73 heavy (non-hydrogen) atoms. The van der Waals surface area contributed by atoms with E-state index in [9.17, 15) is 19.2 Å². The molecule has 0 aromatic heterocycles. The fraction of sp³-hybridized carbons (Fsp3) is 0.439. The maximum absolute atomic E-state index is 13.5. The number of dihydropyridines is 1. The number of amides is 2. The van der Waals surface area contributed by atoms with E-state index in [2.05, 4.69) is 95.0 Å². The van der Waals surface area contributed by atoms with Crippen LogP contribution >= 0.6 is 0 Å². The Morgan fingerprint density at radius 3 is 2.04 bits per heavy atom. The molecule has 2 unspecified atom stereocenters. The first kappa shape index (κ1) is 62.8. The fourth-order valence-corrected chi connectivity index (χ4v) is 9.55. The summed E-state index contributed by atoms with van der Waals surface area (Å²) < 4.78 is 0. The number of Topliss-reactive ketones (excluding diaryl/α,β-unsaturated/α-hetero) is 2. The summed E-state index contributed by atoms with van der Waals surface area (Å²) in [7, 11) is 0. The quantitative estimate of drug-likeness (QED) is 0.0640. The van der Waals surface area contributed by atoms with Crippen molar-refractivity contribution in [2.24, 2.45) is 23.5 Å². The second kappa shape index (κ2) is 32.0. The molecule has 7 rings (SSSR count). The number of imide groups is 1. The van der Waals surface area contributed by atoms with Gasteiger partial charge < -0.3 is 15.8 Å². The maximum Gasteiger partial charge on any atom is 0.262 e. The van der Waals surface area contributed by atoms with Crippen molar-refractivity contribution >= 4 is 23.4 Å². The Balaban J connectivity index is -0.00000107. The number of benzene rings is 3. The number of fused-ring (bicyclic) bond motifs is 2. The van der Waals surface area contributed by atoms with Crippen molar-refractivity contribution in [1.82, 2.24) is 10.2 Å². The van der Waals surface area contributed by atoms with Gasteiger partial charge in [0.25, 0.3) is 11.8 Å². The SMILES string of the molecule is C=C(C)C1=C(N)C=CNC1.C=C=C(C)C(CCC(C)=O)N1C(=O)c2cccc(CCC3CCC(CCC(=C)C=C)CC3)c2C1=O.C=CCCc1ccccc1.CC.CC.Cc1ccc2c(c1)C(C)(C)C(C)C2=O.[HH].[HH].[HH].[HH]. The lowest BCUT2D eigenvalue weighted by Crippen LogP contribution is -2.40. The predicted octanol–water partition coefficient (Wildman–Crippen LogP) is 16.9. The van der Waals surface area contributed by atoms with Gasteiger partial charge >= 0.3 is 0 Å². The van der Waals surface area contributed by atoms with E-state index in [0.717, 1.165) is 78.1 Å². The highest BCUT2D eigenvalue weighted by Crippen LogP contribution is 2.43. The molecule has 3 N–H and O–H groups in total. The molecular weight excluding hydrogens is 899 g/mol. The van der Waals surface area contributed by atoms with Crippen molar-refractivity contribution in [2.75, 3.05) is 6.54 Å². The molecule has 2 atom stereocenters. The normalized spacial score (nSPS) is 18.0. The van der Waals surface area contributed by atoms with Crippen molar-refractivity contribution < 1.29 is 24.9 Å². The van der Waals surface area contributed by atoms with Crippen LogP contribution in [0.25, 0.3) is 0 Å². The summed E-state index contributed by atoms with van der Waals surface area (Å²) in [5.41, 5.74) is 20.1. The first-order valence-corrected chi connectivity index (χ1v) is 26.9. The molecule has 3 aromatic carbocycles. The molecule has 7 heteroatoms. The largest absolute Gasteiger partial charge is 0.398 e. The van der Waals surface area contributed by atoms with Crippen LogP contribution in [0.5, 0.6) is 0 Å². The molecule has 2 aliphatic carbocycles. The van der Waals surface area contributed by atoms with E-state index in [1.165, 1.54) is 60.6 Å². The van der Waals surface area contributed by atoms with Crippen LogP contribution in [-0.2, 0) is 23.1 Å². The van der Waals surface area contributed by atoms with Crippen molar-refractivity contribution in [3.05, 3.63) is 197 Å². The molecule has 3 aromatic rings. The Morgan fingerprint density at radius 1 is 0.863 bits per heavy atom. The van der Waals surface area contributed by atoms with Gasteiger partial charge in [-0.05, 0) is 131 Å². The third-order valence-corrected chi connectivity index (χ3v) is 14.5. The van der Waals surface area contributed by atoms with Gasteiger partial charge in [0, 0.05) is 41.3 Å². The van der Waals surface area contributed by atoms with Crippen molar-refractivity contribution in [2.45, 2.75) is 165 Å². The van der Waals surface area contributed by atoms with Crippen LogP contribution in [0, 0.1) is 24.7 Å². The first-order chi connectivity index (χ1) is 34.8. The molecule has 0 saturated heterocycles. The van der Waals surface area contributed by atoms with Crippen molar-refractivity contribution in [1.29, 1.82) is 0 Å². The van der Waals surface area contributed by atoms with Gasteiger partial charge in [-0.3, -0.25) is 19.3 Å². The molecule has 0 radical (unpaired) electrons. The minimum absolute atomic E-state index is 0. The Labute approximate surface area is 448 Å². The lowest BCUT2D eigenvalue weighted by molar-refractivity contribution is -0.117. The highest BCUT2D eigenvalue weighted by atomic mass is 16.2. The zero-order chi connectivity index (χ0) is 54.8. The summed E-state index contributed by atoms with van der Waals surface area (Å²) >= 11 is 0. The number of carbonyl (C=O) groups is 4. The molecule has 1 saturated carbocycles. The standard InChI is InChI=1S/C31H39NO3.C13H16O.C10H12.C8H12N2.2C2H6.4H2/c1-6-21(3)11-13-24-14-16-25(17-15-24)18-19-26-9-8-10-27-29(26)31(35)32(30(27)34)28(22(4)7-2)20-12-23(5)33;1-8-5-6-10-11(7-8)13(3,4)9(2)12(10)14;1-2-3-7-10-8-5-4-6-9-10;1-6(2)7-5-10-4-3-8(7)9;2*1-2;;;;/h6,8-10,24-25,28H,1-3,11-20H2,4-5H3;5-7,9H,1-4H3;2,4-6,8-9H,1,3,7H2;3-4,10H,1,5,9H2,2H3;2*1-2H3;4*1H. The zero-order valence-electron chi connectivity index (χ0n) is 46.9. The summed E-state index contributed by atoms with van der Waals surface area (Å²) in [6, 6.07) is 21.7. The van der Waals surface area contributed by atoms with E-state index < -0.39 is 6.04 Å². The van der Waals surface area contributed by atoms with Crippen LogP contribution in [0.15, 0.2) is 158 Å². The van der Waals surface area contributed by atoms with Gasteiger partial charge in [-0.25, -0.2) is 0 Å². The number of nitrogens with zero attached hydrogens (tertiary/aromatic N) is 1. The van der Waals surface area contributed by atoms with Gasteiger partial charge in [0.1, 0.15) is 5.78 Å². The number of aryl methyl sites for hydroxylation is 3. The van der Waals surface area contributed by atoms with Gasteiger partial charge in [0.2, 0.25) is 0 Å². The Hall–Kier alpha value is -6.30. The van der Waals surface area contributed by atoms with E-state index in [0.29, 0.717) is 41.2 Å². The van der Waals surface area contributed by atoms with Crippen LogP contribution in [0.2, 0.25) is 0 Å². The molecule has 2 amide bonds. The summed E-state index contributed by atoms with van der Waals surface area (Å²) in [5, 5.41) is 3.07. The van der Waals surface area contributed by atoms with Crippen LogP contribution in [-0.4, -0.2) is 40.9 Å². The van der Waals surface area contributed by atoms with E-state index in [1.54, 1.807) is 6.07 Å². The molecule has 2 heterocycles. The number of hydrogen-bond donors (Lipinski definition) is 2. The third-order valence-electron chi connectivity index (χ3n) is 14.5. The fourth-order valence-electron chi connectivity index (χ4n) is 9.55. The van der Waals surface area contributed by atoms with Crippen molar-refractivity contribution in [3.63, 3.8) is 0 Å². The van der Waals surface area contributed by atoms with Crippen LogP contribution in [0.4, 0.5) is 0 Å². The predicted molar refractivity (Wildman–Crippen MR) is 318 cm³/mol. The van der Waals surface area contributed by atoms with Crippen LogP contribution < -0.4 is 11.1 Å². The zero-order valence-corrected chi connectivity index (χ0v) is 46.9. The molecule has 1 fully saturated rings. The molecule has 4 aliphatic rings. The highest BCUT2D eigenvalue weighted by molar-refractivity contribution is 6.22. The van der Waals surface area contributed by atoms with Gasteiger partial charge in [0.05, 0.1) is 17.2 Å². The second-order valence-electron chi connectivity index (χ2n) is 19.9. The van der Waals surface area contributed by atoms with E-state index >= 15 is 0 Å². The summed E-state index contributed by atoms with van der Waals surface area (Å²) in [6.07, 6.45) is 19.4. The van der Waals surface area contributed by atoms with Crippen LogP contribution in [0.3, 0.4) is 0 Å². The average Bonchev–Trinajstić information content (AvgIpc) is 3.75. The average molecular weight is 999 g/mol. The number of carbonyl (C=O) groups excluding carboxylic acids is 4. The van der Waals surface area contributed by atoms with Gasteiger partial charge in [-0.2, -0.15) is 0 Å². The van der Waals surface area contributed by atoms with E-state index in [4.69, 9.17) is 5.73 Å². The summed E-state index contributed by atoms with van der Waals surface area (Å²) in [5.74, 6) is 1.33. The minimum Gasteiger partial charge on any atom is -0.398 e. The van der Waals surface area contributed by atoms with Gasteiger partial charge in [-0.15, -0.1) is 12.3 Å². The molecule has 0 bridgehead atoms. The Kier molecular flexibility index (Phi) is 27.5. The maximum atomic E-state index is 13.5. The van der Waals surface area contributed by atoms with Crippen molar-refractivity contribution in [3.8, 4) is 0 Å². The topological polar surface area (TPSA) is 110 Å². The number of nitrogens with two attached hydrogens (primary N) is 1. The lowest BCUT2D eigenvalue weighted by Gasteiger charge is -2.29. The second-order valence-corrected chi connectivity index (χ2v) is 19.9. The number of ketones is 2. The van der Waals surface area contributed by atoms with E-state index in [1.807, 2.05) is 103 Å². The third kappa shape index (κ3) is 18.3. The van der Waals surface area contributed by atoms with Gasteiger partial charge in [0.15, 0.2) is 5.78 Å². The molecule has 402 valence electrons. The van der Waals surface area contributed by atoms with Gasteiger partial charge in [-0.1, -0.05) is 190 Å².